The monoisotopic (exact) mass is 375 g/mol. The molecule has 0 saturated heterocycles. The molecule has 0 spiro atoms. The topological polar surface area (TPSA) is 94.2 Å². The zero-order valence-electron chi connectivity index (χ0n) is 14.8. The summed E-state index contributed by atoms with van der Waals surface area (Å²) in [5, 5.41) is 0.974. The minimum absolute atomic E-state index is 0.0529. The third kappa shape index (κ3) is 3.41. The predicted octanol–water partition coefficient (Wildman–Crippen LogP) is 2.15. The van der Waals surface area contributed by atoms with Crippen molar-refractivity contribution in [2.24, 2.45) is 10.7 Å². The molecule has 8 heteroatoms. The van der Waals surface area contributed by atoms with Crippen molar-refractivity contribution in [2.45, 2.75) is 25.2 Å². The number of amidine groups is 1. The molecular formula is C18H21N3O4S. The molecule has 3 rings (SSSR count). The Morgan fingerprint density at radius 3 is 2.58 bits per heavy atom. The number of anilines is 1. The smallest absolute Gasteiger partial charge is 0.347 e. The van der Waals surface area contributed by atoms with Crippen LogP contribution < -0.4 is 10.6 Å². The fourth-order valence-corrected chi connectivity index (χ4v) is 3.89. The molecule has 2 aliphatic heterocycles. The quantitative estimate of drug-likeness (QED) is 0.365. The Bertz CT molecular complexity index is 784. The maximum Gasteiger partial charge on any atom is 0.347 e. The minimum atomic E-state index is -0.779. The largest absolute Gasteiger partial charge is 0.462 e. The third-order valence-electron chi connectivity index (χ3n) is 4.01. The molecule has 2 aliphatic rings. The van der Waals surface area contributed by atoms with Gasteiger partial charge in [-0.15, -0.1) is 0 Å². The highest BCUT2D eigenvalue weighted by Crippen LogP contribution is 2.42. The maximum atomic E-state index is 12.2. The lowest BCUT2D eigenvalue weighted by Gasteiger charge is -2.23. The maximum absolute atomic E-state index is 12.2. The standard InChI is InChI=1S/C18H21N3O4S/c1-3-24-16(22)14(17(23)25-4-2)15(19)11-6-7-13-12(10-11)21-9-5-8-20-18(21)26-13/h6-7,10H,3-5,8-9,19H2,1-2H3. The van der Waals surface area contributed by atoms with Gasteiger partial charge in [-0.05, 0) is 44.2 Å². The second-order valence-electron chi connectivity index (χ2n) is 5.68. The Labute approximate surface area is 156 Å². The number of carbonyl (C=O) groups is 2. The van der Waals surface area contributed by atoms with Crippen molar-refractivity contribution in [2.75, 3.05) is 31.2 Å². The first-order valence-electron chi connectivity index (χ1n) is 8.55. The number of esters is 2. The molecule has 138 valence electrons. The summed E-state index contributed by atoms with van der Waals surface area (Å²) >= 11 is 1.61. The lowest BCUT2D eigenvalue weighted by Crippen LogP contribution is -2.30. The molecule has 0 aromatic heterocycles. The summed E-state index contributed by atoms with van der Waals surface area (Å²) in [6, 6.07) is 5.60. The lowest BCUT2D eigenvalue weighted by molar-refractivity contribution is -0.146. The van der Waals surface area contributed by atoms with E-state index in [1.54, 1.807) is 31.7 Å². The number of nitrogens with zero attached hydrogens (tertiary/aromatic N) is 2. The number of nitrogens with two attached hydrogens (primary N) is 1. The van der Waals surface area contributed by atoms with Gasteiger partial charge in [0, 0.05) is 23.5 Å². The average Bonchev–Trinajstić information content (AvgIpc) is 3.00. The van der Waals surface area contributed by atoms with Crippen LogP contribution in [0.4, 0.5) is 5.69 Å². The number of thioether (sulfide) groups is 1. The number of ether oxygens (including phenoxy) is 2. The molecule has 2 N–H and O–H groups in total. The van der Waals surface area contributed by atoms with Crippen molar-refractivity contribution < 1.29 is 19.1 Å². The van der Waals surface area contributed by atoms with Gasteiger partial charge in [0.15, 0.2) is 10.7 Å². The van der Waals surface area contributed by atoms with Gasteiger partial charge in [0.05, 0.1) is 24.6 Å². The Kier molecular flexibility index (Phi) is 5.51. The zero-order valence-corrected chi connectivity index (χ0v) is 15.6. The second kappa shape index (κ2) is 7.82. The first-order chi connectivity index (χ1) is 12.6. The molecule has 0 aliphatic carbocycles. The van der Waals surface area contributed by atoms with Gasteiger partial charge in [-0.3, -0.25) is 4.99 Å². The third-order valence-corrected chi connectivity index (χ3v) is 5.11. The molecule has 0 bridgehead atoms. The van der Waals surface area contributed by atoms with Gasteiger partial charge >= 0.3 is 11.9 Å². The van der Waals surface area contributed by atoms with Crippen LogP contribution in [-0.2, 0) is 19.1 Å². The van der Waals surface area contributed by atoms with E-state index in [1.807, 2.05) is 12.1 Å². The molecular weight excluding hydrogens is 354 g/mol. The Hall–Kier alpha value is -2.48. The van der Waals surface area contributed by atoms with Crippen LogP contribution in [0.15, 0.2) is 33.7 Å². The minimum Gasteiger partial charge on any atom is -0.462 e. The van der Waals surface area contributed by atoms with Gasteiger partial charge in [-0.2, -0.15) is 0 Å². The molecule has 26 heavy (non-hydrogen) atoms. The molecule has 0 amide bonds. The van der Waals surface area contributed by atoms with Crippen LogP contribution in [0, 0.1) is 0 Å². The second-order valence-corrected chi connectivity index (χ2v) is 6.69. The van der Waals surface area contributed by atoms with Crippen LogP contribution in [-0.4, -0.2) is 43.4 Å². The number of hydrogen-bond acceptors (Lipinski definition) is 8. The van der Waals surface area contributed by atoms with Gasteiger partial charge < -0.3 is 20.1 Å². The Morgan fingerprint density at radius 2 is 1.92 bits per heavy atom. The molecule has 0 atom stereocenters. The molecule has 0 radical (unpaired) electrons. The highest BCUT2D eigenvalue weighted by atomic mass is 32.2. The van der Waals surface area contributed by atoms with Crippen molar-refractivity contribution in [3.05, 3.63) is 29.3 Å². The van der Waals surface area contributed by atoms with E-state index in [1.165, 1.54) is 0 Å². The first-order valence-corrected chi connectivity index (χ1v) is 9.36. The van der Waals surface area contributed by atoms with Crippen LogP contribution in [0.25, 0.3) is 5.70 Å². The van der Waals surface area contributed by atoms with Crippen LogP contribution in [0.1, 0.15) is 25.8 Å². The predicted molar refractivity (Wildman–Crippen MR) is 101 cm³/mol. The fraction of sp³-hybridized carbons (Fsp3) is 0.389. The summed E-state index contributed by atoms with van der Waals surface area (Å²) < 4.78 is 9.96. The van der Waals surface area contributed by atoms with E-state index >= 15 is 0 Å². The molecule has 0 unspecified atom stereocenters. The molecule has 1 aromatic rings. The van der Waals surface area contributed by atoms with E-state index in [0.29, 0.717) is 5.56 Å². The van der Waals surface area contributed by atoms with Gasteiger partial charge in [0.2, 0.25) is 0 Å². The molecule has 1 aromatic carbocycles. The van der Waals surface area contributed by atoms with Crippen LogP contribution >= 0.6 is 11.8 Å². The number of fused-ring (bicyclic) bond motifs is 3. The Balaban J connectivity index is 2.02. The van der Waals surface area contributed by atoms with Gasteiger partial charge in [0.25, 0.3) is 0 Å². The first kappa shape index (κ1) is 18.3. The van der Waals surface area contributed by atoms with Crippen molar-refractivity contribution in [3.63, 3.8) is 0 Å². The number of carbonyl (C=O) groups excluding carboxylic acids is 2. The fourth-order valence-electron chi connectivity index (χ4n) is 2.83. The summed E-state index contributed by atoms with van der Waals surface area (Å²) in [6.07, 6.45) is 0.982. The normalized spacial score (nSPS) is 14.8. The summed E-state index contributed by atoms with van der Waals surface area (Å²) in [4.78, 5) is 32.2. The van der Waals surface area contributed by atoms with E-state index in [4.69, 9.17) is 15.2 Å². The highest BCUT2D eigenvalue weighted by Gasteiger charge is 2.30. The van der Waals surface area contributed by atoms with Crippen molar-refractivity contribution in [1.29, 1.82) is 0 Å². The van der Waals surface area contributed by atoms with Gasteiger partial charge in [-0.1, -0.05) is 6.07 Å². The summed E-state index contributed by atoms with van der Waals surface area (Å²) in [7, 11) is 0. The van der Waals surface area contributed by atoms with E-state index in [-0.39, 0.29) is 24.5 Å². The van der Waals surface area contributed by atoms with E-state index in [2.05, 4.69) is 9.89 Å². The number of aliphatic imine (C=N–C) groups is 1. The summed E-state index contributed by atoms with van der Waals surface area (Å²) in [5.74, 6) is -1.56. The van der Waals surface area contributed by atoms with Crippen LogP contribution in [0.5, 0.6) is 0 Å². The average molecular weight is 375 g/mol. The number of rotatable bonds is 5. The van der Waals surface area contributed by atoms with Crippen molar-refractivity contribution in [1.82, 2.24) is 0 Å². The van der Waals surface area contributed by atoms with Gasteiger partial charge in [-0.25, -0.2) is 9.59 Å². The van der Waals surface area contributed by atoms with Crippen LogP contribution in [0.3, 0.4) is 0 Å². The number of hydrogen-bond donors (Lipinski definition) is 1. The van der Waals surface area contributed by atoms with E-state index in [0.717, 1.165) is 35.3 Å². The SMILES string of the molecule is CCOC(=O)C(C(=O)OCC)=C(N)c1ccc2c(c1)N1CCCN=C1S2. The van der Waals surface area contributed by atoms with E-state index in [9.17, 15) is 9.59 Å². The molecule has 0 saturated carbocycles. The van der Waals surface area contributed by atoms with Crippen molar-refractivity contribution in [3.8, 4) is 0 Å². The molecule has 7 nitrogen and oxygen atoms in total. The van der Waals surface area contributed by atoms with E-state index < -0.39 is 11.9 Å². The number of benzene rings is 1. The molecule has 2 heterocycles. The summed E-state index contributed by atoms with van der Waals surface area (Å²) in [5.41, 5.74) is 7.53. The lowest BCUT2D eigenvalue weighted by atomic mass is 10.1. The van der Waals surface area contributed by atoms with Gasteiger partial charge in [0.1, 0.15) is 0 Å². The van der Waals surface area contributed by atoms with Crippen molar-refractivity contribution >= 4 is 40.3 Å². The highest BCUT2D eigenvalue weighted by molar-refractivity contribution is 8.14. The zero-order chi connectivity index (χ0) is 18.7. The summed E-state index contributed by atoms with van der Waals surface area (Å²) in [6.45, 7) is 5.33. The van der Waals surface area contributed by atoms with Crippen LogP contribution in [0.2, 0.25) is 0 Å². The molecule has 0 fully saturated rings. The Morgan fingerprint density at radius 1 is 1.23 bits per heavy atom.